The summed E-state index contributed by atoms with van der Waals surface area (Å²) in [6, 6.07) is 13.0. The molecule has 0 radical (unpaired) electrons. The largest absolute Gasteiger partial charge is 0.508 e. The van der Waals surface area contributed by atoms with Crippen LogP contribution in [0.3, 0.4) is 0 Å². The molecule has 0 spiro atoms. The third-order valence-corrected chi connectivity index (χ3v) is 3.00. The Morgan fingerprint density at radius 1 is 1.17 bits per heavy atom. The molecule has 0 aliphatic rings. The monoisotopic (exact) mass is 311 g/mol. The second-order valence-corrected chi connectivity index (χ2v) is 4.77. The van der Waals surface area contributed by atoms with Crippen molar-refractivity contribution in [2.75, 3.05) is 5.32 Å². The second kappa shape index (κ2) is 7.74. The first kappa shape index (κ1) is 16.2. The smallest absolute Gasteiger partial charge is 0.271 e. The molecule has 0 saturated carbocycles. The molecule has 2 aromatic carbocycles. The van der Waals surface area contributed by atoms with Crippen LogP contribution in [0.25, 0.3) is 0 Å². The van der Waals surface area contributed by atoms with Gasteiger partial charge in [0.15, 0.2) is 0 Å². The molecule has 3 N–H and O–H groups in total. The summed E-state index contributed by atoms with van der Waals surface area (Å²) in [5.41, 5.74) is 4.13. The summed E-state index contributed by atoms with van der Waals surface area (Å²) in [7, 11) is 0. The highest BCUT2D eigenvalue weighted by atomic mass is 16.3. The van der Waals surface area contributed by atoms with Crippen LogP contribution in [0, 0.1) is 0 Å². The van der Waals surface area contributed by atoms with E-state index in [0.29, 0.717) is 23.2 Å². The van der Waals surface area contributed by atoms with E-state index in [1.54, 1.807) is 49.4 Å². The zero-order chi connectivity index (χ0) is 16.7. The van der Waals surface area contributed by atoms with E-state index in [9.17, 15) is 14.7 Å². The molecule has 0 unspecified atom stereocenters. The minimum absolute atomic E-state index is 0.0853. The van der Waals surface area contributed by atoms with E-state index < -0.39 is 0 Å². The average molecular weight is 311 g/mol. The lowest BCUT2D eigenvalue weighted by atomic mass is 10.2. The number of nitrogens with one attached hydrogen (secondary N) is 2. The Hall–Kier alpha value is -3.15. The zero-order valence-corrected chi connectivity index (χ0v) is 12.6. The van der Waals surface area contributed by atoms with E-state index in [1.165, 1.54) is 12.3 Å². The maximum atomic E-state index is 11.9. The van der Waals surface area contributed by atoms with Gasteiger partial charge in [-0.05, 0) is 42.0 Å². The van der Waals surface area contributed by atoms with Crippen molar-refractivity contribution in [2.45, 2.75) is 13.3 Å². The van der Waals surface area contributed by atoms with Crippen molar-refractivity contribution < 1.29 is 14.7 Å². The molecule has 6 heteroatoms. The molecule has 0 aromatic heterocycles. The van der Waals surface area contributed by atoms with Crippen molar-refractivity contribution in [3.8, 4) is 5.75 Å². The molecule has 0 aliphatic heterocycles. The Labute approximate surface area is 133 Å². The number of hydrogen-bond acceptors (Lipinski definition) is 4. The molecule has 23 heavy (non-hydrogen) atoms. The van der Waals surface area contributed by atoms with Gasteiger partial charge in [-0.15, -0.1) is 0 Å². The third kappa shape index (κ3) is 4.96. The van der Waals surface area contributed by atoms with Crippen molar-refractivity contribution in [2.24, 2.45) is 5.10 Å². The predicted molar refractivity (Wildman–Crippen MR) is 88.5 cm³/mol. The average Bonchev–Trinajstić information content (AvgIpc) is 2.55. The summed E-state index contributed by atoms with van der Waals surface area (Å²) in [5.74, 6) is -0.322. The fourth-order valence-corrected chi connectivity index (χ4v) is 1.79. The predicted octanol–water partition coefficient (Wildman–Crippen LogP) is 2.50. The summed E-state index contributed by atoms with van der Waals surface area (Å²) in [6.07, 6.45) is 1.83. The van der Waals surface area contributed by atoms with Crippen molar-refractivity contribution in [1.29, 1.82) is 0 Å². The number of aromatic hydroxyl groups is 1. The quantitative estimate of drug-likeness (QED) is 0.585. The minimum Gasteiger partial charge on any atom is -0.508 e. The first-order valence-corrected chi connectivity index (χ1v) is 7.11. The number of benzene rings is 2. The minimum atomic E-state index is -0.366. The molecule has 0 heterocycles. The summed E-state index contributed by atoms with van der Waals surface area (Å²) in [6.45, 7) is 1.77. The number of carbonyl (C=O) groups excluding carboxylic acids is 2. The molecule has 0 fully saturated rings. The second-order valence-electron chi connectivity index (χ2n) is 4.77. The Morgan fingerprint density at radius 3 is 2.57 bits per heavy atom. The van der Waals surface area contributed by atoms with Gasteiger partial charge in [0.05, 0.1) is 6.21 Å². The van der Waals surface area contributed by atoms with Gasteiger partial charge in [-0.3, -0.25) is 9.59 Å². The Morgan fingerprint density at radius 2 is 1.91 bits per heavy atom. The molecule has 2 amide bonds. The Kier molecular flexibility index (Phi) is 5.46. The lowest BCUT2D eigenvalue weighted by Gasteiger charge is -2.04. The van der Waals surface area contributed by atoms with E-state index in [4.69, 9.17) is 0 Å². The van der Waals surface area contributed by atoms with Gasteiger partial charge in [-0.1, -0.05) is 19.1 Å². The first-order chi connectivity index (χ1) is 11.1. The third-order valence-electron chi connectivity index (χ3n) is 3.00. The SMILES string of the molecule is CCC(=O)Nc1ccc(C(=O)NN=Cc2cccc(O)c2)cc1. The van der Waals surface area contributed by atoms with E-state index in [2.05, 4.69) is 15.8 Å². The van der Waals surface area contributed by atoms with Crippen LogP contribution in [0.4, 0.5) is 5.69 Å². The lowest BCUT2D eigenvalue weighted by Crippen LogP contribution is -2.17. The van der Waals surface area contributed by atoms with Crippen LogP contribution < -0.4 is 10.7 Å². The molecule has 118 valence electrons. The molecule has 6 nitrogen and oxygen atoms in total. The van der Waals surface area contributed by atoms with Crippen molar-refractivity contribution in [1.82, 2.24) is 5.43 Å². The highest BCUT2D eigenvalue weighted by Gasteiger charge is 2.05. The number of carbonyl (C=O) groups is 2. The molecule has 0 bridgehead atoms. The van der Waals surface area contributed by atoms with E-state index in [0.717, 1.165) is 0 Å². The highest BCUT2D eigenvalue weighted by Crippen LogP contribution is 2.10. The van der Waals surface area contributed by atoms with Gasteiger partial charge in [0, 0.05) is 17.7 Å². The number of phenolic OH excluding ortho intramolecular Hbond substituents is 1. The van der Waals surface area contributed by atoms with Crippen molar-refractivity contribution >= 4 is 23.7 Å². The molecule has 0 aliphatic carbocycles. The molecular weight excluding hydrogens is 294 g/mol. The molecule has 2 aromatic rings. The van der Waals surface area contributed by atoms with Crippen LogP contribution in [-0.4, -0.2) is 23.1 Å². The number of nitrogens with zero attached hydrogens (tertiary/aromatic N) is 1. The van der Waals surface area contributed by atoms with E-state index in [-0.39, 0.29) is 17.6 Å². The lowest BCUT2D eigenvalue weighted by molar-refractivity contribution is -0.115. The van der Waals surface area contributed by atoms with Crippen LogP contribution in [0.15, 0.2) is 53.6 Å². The molecule has 0 atom stereocenters. The summed E-state index contributed by atoms with van der Waals surface area (Å²) >= 11 is 0. The number of hydrazone groups is 1. The zero-order valence-electron chi connectivity index (χ0n) is 12.6. The van der Waals surface area contributed by atoms with E-state index >= 15 is 0 Å². The highest BCUT2D eigenvalue weighted by molar-refractivity contribution is 5.96. The maximum absolute atomic E-state index is 11.9. The summed E-state index contributed by atoms with van der Waals surface area (Å²) < 4.78 is 0. The topological polar surface area (TPSA) is 90.8 Å². The Bertz CT molecular complexity index is 724. The number of phenols is 1. The van der Waals surface area contributed by atoms with Gasteiger partial charge in [0.25, 0.3) is 5.91 Å². The van der Waals surface area contributed by atoms with Gasteiger partial charge < -0.3 is 10.4 Å². The van der Waals surface area contributed by atoms with Crippen LogP contribution >= 0.6 is 0 Å². The van der Waals surface area contributed by atoms with Crippen molar-refractivity contribution in [3.05, 3.63) is 59.7 Å². The van der Waals surface area contributed by atoms with Gasteiger partial charge in [-0.2, -0.15) is 5.10 Å². The standard InChI is InChI=1S/C17H17N3O3/c1-2-16(22)19-14-8-6-13(7-9-14)17(23)20-18-11-12-4-3-5-15(21)10-12/h3-11,21H,2H2,1H3,(H,19,22)(H,20,23). The number of anilines is 1. The fourth-order valence-electron chi connectivity index (χ4n) is 1.79. The van der Waals surface area contributed by atoms with Crippen molar-refractivity contribution in [3.63, 3.8) is 0 Å². The van der Waals surface area contributed by atoms with Crippen LogP contribution in [0.1, 0.15) is 29.3 Å². The number of amides is 2. The van der Waals surface area contributed by atoms with Crippen LogP contribution in [0.2, 0.25) is 0 Å². The fraction of sp³-hybridized carbons (Fsp3) is 0.118. The van der Waals surface area contributed by atoms with Crippen LogP contribution in [-0.2, 0) is 4.79 Å². The first-order valence-electron chi connectivity index (χ1n) is 7.11. The normalized spacial score (nSPS) is 10.5. The van der Waals surface area contributed by atoms with Gasteiger partial charge in [0.2, 0.25) is 5.91 Å². The summed E-state index contributed by atoms with van der Waals surface area (Å²) in [5, 5.41) is 15.9. The summed E-state index contributed by atoms with van der Waals surface area (Å²) in [4.78, 5) is 23.2. The van der Waals surface area contributed by atoms with Gasteiger partial charge >= 0.3 is 0 Å². The number of hydrogen-bond donors (Lipinski definition) is 3. The molecule has 2 rings (SSSR count). The number of rotatable bonds is 5. The van der Waals surface area contributed by atoms with E-state index in [1.807, 2.05) is 0 Å². The Balaban J connectivity index is 1.94. The molecular formula is C17H17N3O3. The van der Waals surface area contributed by atoms with Gasteiger partial charge in [-0.25, -0.2) is 5.43 Å². The maximum Gasteiger partial charge on any atom is 0.271 e. The molecule has 0 saturated heterocycles. The van der Waals surface area contributed by atoms with Crippen LogP contribution in [0.5, 0.6) is 5.75 Å². The van der Waals surface area contributed by atoms with Gasteiger partial charge in [0.1, 0.15) is 5.75 Å².